The Morgan fingerprint density at radius 1 is 1.56 bits per heavy atom. The molecule has 0 radical (unpaired) electrons. The van der Waals surface area contributed by atoms with Crippen LogP contribution in [-0.2, 0) is 18.4 Å². The van der Waals surface area contributed by atoms with E-state index in [-0.39, 0.29) is 5.56 Å². The minimum absolute atomic E-state index is 0.196. The summed E-state index contributed by atoms with van der Waals surface area (Å²) in [4.78, 5) is 18.4. The number of nitrogens with one attached hydrogen (secondary N) is 1. The summed E-state index contributed by atoms with van der Waals surface area (Å²) in [6.07, 6.45) is 1.65. The van der Waals surface area contributed by atoms with Gasteiger partial charge in [-0.1, -0.05) is 0 Å². The van der Waals surface area contributed by atoms with Gasteiger partial charge in [0.2, 0.25) is 0 Å². The van der Waals surface area contributed by atoms with E-state index in [1.165, 1.54) is 6.07 Å². The Hall–Kier alpha value is -1.95. The maximum atomic E-state index is 11.4. The predicted octanol–water partition coefficient (Wildman–Crippen LogP) is 0.317. The molecule has 2 aromatic rings. The maximum Gasteiger partial charge on any atom is 0.251 e. The average Bonchev–Trinajstić information content (AvgIpc) is 2.64. The van der Waals surface area contributed by atoms with Crippen LogP contribution in [0.2, 0.25) is 0 Å². The first-order valence-electron chi connectivity index (χ1n) is 4.78. The first-order valence-corrected chi connectivity index (χ1v) is 4.78. The zero-order valence-corrected chi connectivity index (χ0v) is 9.10. The highest BCUT2D eigenvalue weighted by Crippen LogP contribution is 2.11. The van der Waals surface area contributed by atoms with E-state index < -0.39 is 0 Å². The normalized spacial score (nSPS) is 10.6. The fourth-order valence-electron chi connectivity index (χ4n) is 1.46. The van der Waals surface area contributed by atoms with E-state index in [1.54, 1.807) is 31.1 Å². The molecule has 6 heteroatoms. The first-order chi connectivity index (χ1) is 7.70. The predicted molar refractivity (Wildman–Crippen MR) is 57.8 cm³/mol. The lowest BCUT2D eigenvalue weighted by Crippen LogP contribution is -2.12. The van der Waals surface area contributed by atoms with Gasteiger partial charge in [0.1, 0.15) is 5.69 Å². The molecule has 0 unspecified atom stereocenters. The van der Waals surface area contributed by atoms with Gasteiger partial charge >= 0.3 is 0 Å². The third-order valence-electron chi connectivity index (χ3n) is 2.15. The van der Waals surface area contributed by atoms with Crippen molar-refractivity contribution < 1.29 is 4.74 Å². The van der Waals surface area contributed by atoms with Crippen LogP contribution in [0.5, 0.6) is 0 Å². The fourth-order valence-corrected chi connectivity index (χ4v) is 1.46. The number of methoxy groups -OCH3 is 1. The molecule has 0 amide bonds. The van der Waals surface area contributed by atoms with Crippen LogP contribution in [0, 0.1) is 0 Å². The molecule has 2 aromatic heterocycles. The third-order valence-corrected chi connectivity index (χ3v) is 2.15. The summed E-state index contributed by atoms with van der Waals surface area (Å²) in [6.45, 7) is 0.314. The standard InChI is InChI=1S/C10H12N4O2/c1-14-8(3-4-11-14)10-12-7(6-16-2)5-9(15)13-10/h3-5H,6H2,1-2H3,(H,12,13,15). The van der Waals surface area contributed by atoms with Crippen LogP contribution in [0.15, 0.2) is 23.1 Å². The van der Waals surface area contributed by atoms with Crippen LogP contribution < -0.4 is 5.56 Å². The van der Waals surface area contributed by atoms with Crippen molar-refractivity contribution in [2.24, 2.45) is 7.05 Å². The Labute approximate surface area is 91.9 Å². The highest BCUT2D eigenvalue weighted by atomic mass is 16.5. The molecule has 0 saturated heterocycles. The summed E-state index contributed by atoms with van der Waals surface area (Å²) in [6, 6.07) is 3.21. The Balaban J connectivity index is 2.49. The van der Waals surface area contributed by atoms with Gasteiger partial charge < -0.3 is 9.72 Å². The molecule has 0 aliphatic rings. The summed E-state index contributed by atoms with van der Waals surface area (Å²) in [7, 11) is 3.35. The minimum Gasteiger partial charge on any atom is -0.378 e. The van der Waals surface area contributed by atoms with E-state index in [0.29, 0.717) is 18.1 Å². The van der Waals surface area contributed by atoms with Crippen molar-refractivity contribution in [3.63, 3.8) is 0 Å². The van der Waals surface area contributed by atoms with Crippen molar-refractivity contribution >= 4 is 0 Å². The summed E-state index contributed by atoms with van der Waals surface area (Å²) < 4.78 is 6.60. The van der Waals surface area contributed by atoms with Gasteiger partial charge in [-0.25, -0.2) is 4.98 Å². The Morgan fingerprint density at radius 2 is 2.38 bits per heavy atom. The van der Waals surface area contributed by atoms with Gasteiger partial charge in [-0.3, -0.25) is 9.48 Å². The fraction of sp³-hybridized carbons (Fsp3) is 0.300. The number of nitrogens with zero attached hydrogens (tertiary/aromatic N) is 3. The highest BCUT2D eigenvalue weighted by molar-refractivity contribution is 5.48. The lowest BCUT2D eigenvalue weighted by atomic mass is 10.3. The van der Waals surface area contributed by atoms with Gasteiger partial charge in [0.25, 0.3) is 5.56 Å². The van der Waals surface area contributed by atoms with Gasteiger partial charge in [-0.2, -0.15) is 5.10 Å². The molecular weight excluding hydrogens is 208 g/mol. The molecule has 0 aliphatic carbocycles. The molecule has 0 atom stereocenters. The van der Waals surface area contributed by atoms with E-state index in [4.69, 9.17) is 4.74 Å². The zero-order valence-electron chi connectivity index (χ0n) is 9.10. The van der Waals surface area contributed by atoms with Crippen LogP contribution >= 0.6 is 0 Å². The molecule has 2 heterocycles. The van der Waals surface area contributed by atoms with Crippen molar-refractivity contribution in [2.75, 3.05) is 7.11 Å². The number of aryl methyl sites for hydroxylation is 1. The Kier molecular flexibility index (Phi) is 2.82. The van der Waals surface area contributed by atoms with Crippen LogP contribution in [0.3, 0.4) is 0 Å². The van der Waals surface area contributed by atoms with Gasteiger partial charge in [0.05, 0.1) is 12.3 Å². The topological polar surface area (TPSA) is 72.8 Å². The molecule has 1 N–H and O–H groups in total. The molecule has 0 fully saturated rings. The number of H-pyrrole nitrogens is 1. The van der Waals surface area contributed by atoms with Gasteiger partial charge in [0.15, 0.2) is 5.82 Å². The van der Waals surface area contributed by atoms with E-state index in [2.05, 4.69) is 15.1 Å². The molecule has 2 rings (SSSR count). The van der Waals surface area contributed by atoms with Crippen molar-refractivity contribution in [1.29, 1.82) is 0 Å². The third kappa shape index (κ3) is 2.01. The summed E-state index contributed by atoms with van der Waals surface area (Å²) >= 11 is 0. The summed E-state index contributed by atoms with van der Waals surface area (Å²) in [5, 5.41) is 4.02. The molecule has 0 saturated carbocycles. The maximum absolute atomic E-state index is 11.4. The molecule has 84 valence electrons. The smallest absolute Gasteiger partial charge is 0.251 e. The molecule has 6 nitrogen and oxygen atoms in total. The van der Waals surface area contributed by atoms with Gasteiger partial charge in [-0.05, 0) is 6.07 Å². The highest BCUT2D eigenvalue weighted by Gasteiger charge is 2.07. The molecular formula is C10H12N4O2. The van der Waals surface area contributed by atoms with Gasteiger partial charge in [-0.15, -0.1) is 0 Å². The van der Waals surface area contributed by atoms with Crippen LogP contribution in [0.4, 0.5) is 0 Å². The van der Waals surface area contributed by atoms with Crippen LogP contribution in [0.25, 0.3) is 11.5 Å². The number of hydrogen-bond donors (Lipinski definition) is 1. The largest absolute Gasteiger partial charge is 0.378 e. The second-order valence-electron chi connectivity index (χ2n) is 3.36. The van der Waals surface area contributed by atoms with Crippen LogP contribution in [0.1, 0.15) is 5.69 Å². The van der Waals surface area contributed by atoms with Crippen LogP contribution in [-0.4, -0.2) is 26.9 Å². The molecule has 0 bridgehead atoms. The Bertz CT molecular complexity index is 544. The number of hydrogen-bond acceptors (Lipinski definition) is 4. The molecule has 16 heavy (non-hydrogen) atoms. The van der Waals surface area contributed by atoms with Crippen molar-refractivity contribution in [1.82, 2.24) is 19.7 Å². The number of aromatic amines is 1. The van der Waals surface area contributed by atoms with Gasteiger partial charge in [0, 0.05) is 26.4 Å². The molecule has 0 aliphatic heterocycles. The number of rotatable bonds is 3. The van der Waals surface area contributed by atoms with E-state index in [9.17, 15) is 4.79 Å². The Morgan fingerprint density at radius 3 is 3.00 bits per heavy atom. The lowest BCUT2D eigenvalue weighted by molar-refractivity contribution is 0.181. The SMILES string of the molecule is COCc1cc(=O)[nH]c(-c2ccnn2C)n1. The summed E-state index contributed by atoms with van der Waals surface area (Å²) in [5.41, 5.74) is 1.16. The average molecular weight is 220 g/mol. The quantitative estimate of drug-likeness (QED) is 0.808. The first kappa shape index (κ1) is 10.6. The number of aromatic nitrogens is 4. The summed E-state index contributed by atoms with van der Waals surface area (Å²) in [5.74, 6) is 0.500. The van der Waals surface area contributed by atoms with Crippen molar-refractivity contribution in [3.8, 4) is 11.5 Å². The molecule has 0 spiro atoms. The molecule has 0 aromatic carbocycles. The van der Waals surface area contributed by atoms with E-state index >= 15 is 0 Å². The van der Waals surface area contributed by atoms with Crippen molar-refractivity contribution in [2.45, 2.75) is 6.61 Å². The van der Waals surface area contributed by atoms with E-state index in [1.807, 2.05) is 0 Å². The van der Waals surface area contributed by atoms with Crippen molar-refractivity contribution in [3.05, 3.63) is 34.4 Å². The number of ether oxygens (including phenoxy) is 1. The minimum atomic E-state index is -0.196. The zero-order chi connectivity index (χ0) is 11.5. The van der Waals surface area contributed by atoms with E-state index in [0.717, 1.165) is 5.69 Å². The monoisotopic (exact) mass is 220 g/mol. The lowest BCUT2D eigenvalue weighted by Gasteiger charge is -2.03. The second-order valence-corrected chi connectivity index (χ2v) is 3.36. The second kappa shape index (κ2) is 4.28.